The molecule has 1 aliphatic heterocycles. The van der Waals surface area contributed by atoms with Crippen molar-refractivity contribution >= 4 is 23.2 Å². The Bertz CT molecular complexity index is 920. The van der Waals surface area contributed by atoms with Gasteiger partial charge in [0.1, 0.15) is 6.10 Å². The SMILES string of the molecule is O=C(O)c1ccc(CSc2nc(C3CNCCO3)c3cccn3n2)cc1. The number of nitrogens with one attached hydrogen (secondary N) is 1. The Hall–Kier alpha value is -2.42. The zero-order valence-corrected chi connectivity index (χ0v) is 14.8. The summed E-state index contributed by atoms with van der Waals surface area (Å²) in [6.07, 6.45) is 1.82. The molecule has 2 N–H and O–H groups in total. The number of nitrogens with zero attached hydrogens (tertiary/aromatic N) is 3. The summed E-state index contributed by atoms with van der Waals surface area (Å²) in [5, 5.41) is 17.5. The first-order valence-corrected chi connectivity index (χ1v) is 9.32. The average molecular weight is 370 g/mol. The van der Waals surface area contributed by atoms with Crippen LogP contribution in [0.25, 0.3) is 5.52 Å². The molecule has 0 aliphatic carbocycles. The predicted molar refractivity (Wildman–Crippen MR) is 97.5 cm³/mol. The van der Waals surface area contributed by atoms with E-state index in [4.69, 9.17) is 14.8 Å². The van der Waals surface area contributed by atoms with Crippen LogP contribution in [0.4, 0.5) is 0 Å². The fourth-order valence-corrected chi connectivity index (χ4v) is 3.66. The summed E-state index contributed by atoms with van der Waals surface area (Å²) < 4.78 is 7.69. The maximum Gasteiger partial charge on any atom is 0.335 e. The summed E-state index contributed by atoms with van der Waals surface area (Å²) >= 11 is 1.52. The highest BCUT2D eigenvalue weighted by molar-refractivity contribution is 7.98. The first kappa shape index (κ1) is 17.0. The third kappa shape index (κ3) is 3.57. The zero-order chi connectivity index (χ0) is 17.9. The van der Waals surface area contributed by atoms with Crippen LogP contribution in [0.2, 0.25) is 0 Å². The number of benzene rings is 1. The normalized spacial score (nSPS) is 17.5. The van der Waals surface area contributed by atoms with Crippen molar-refractivity contribution in [1.82, 2.24) is 19.9 Å². The van der Waals surface area contributed by atoms with Gasteiger partial charge >= 0.3 is 5.97 Å². The molecule has 134 valence electrons. The summed E-state index contributed by atoms with van der Waals surface area (Å²) in [6.45, 7) is 2.26. The summed E-state index contributed by atoms with van der Waals surface area (Å²) in [4.78, 5) is 15.7. The van der Waals surface area contributed by atoms with Crippen molar-refractivity contribution in [3.05, 3.63) is 59.4 Å². The van der Waals surface area contributed by atoms with Gasteiger partial charge in [0, 0.05) is 25.0 Å². The summed E-state index contributed by atoms with van der Waals surface area (Å²) in [5.41, 5.74) is 3.15. The van der Waals surface area contributed by atoms with E-state index in [2.05, 4.69) is 10.4 Å². The van der Waals surface area contributed by atoms with Crippen LogP contribution in [0.3, 0.4) is 0 Å². The van der Waals surface area contributed by atoms with Gasteiger partial charge in [0.25, 0.3) is 0 Å². The average Bonchev–Trinajstić information content (AvgIpc) is 3.15. The van der Waals surface area contributed by atoms with Crippen LogP contribution in [0.1, 0.15) is 27.7 Å². The second kappa shape index (κ2) is 7.45. The van der Waals surface area contributed by atoms with Gasteiger partial charge < -0.3 is 15.2 Å². The molecular formula is C18H18N4O3S. The number of carboxylic acids is 1. The van der Waals surface area contributed by atoms with E-state index in [-0.39, 0.29) is 11.7 Å². The Balaban J connectivity index is 1.55. The smallest absolute Gasteiger partial charge is 0.335 e. The van der Waals surface area contributed by atoms with Gasteiger partial charge in [-0.1, -0.05) is 23.9 Å². The number of ether oxygens (including phenoxy) is 1. The van der Waals surface area contributed by atoms with Crippen molar-refractivity contribution in [3.8, 4) is 0 Å². The van der Waals surface area contributed by atoms with Crippen molar-refractivity contribution in [1.29, 1.82) is 0 Å². The van der Waals surface area contributed by atoms with Crippen LogP contribution in [0.15, 0.2) is 47.8 Å². The second-order valence-corrected chi connectivity index (χ2v) is 6.91. The molecule has 1 unspecified atom stereocenters. The number of carbonyl (C=O) groups is 1. The molecule has 26 heavy (non-hydrogen) atoms. The topological polar surface area (TPSA) is 88.8 Å². The first-order chi connectivity index (χ1) is 12.7. The highest BCUT2D eigenvalue weighted by Crippen LogP contribution is 2.26. The largest absolute Gasteiger partial charge is 0.478 e. The second-order valence-electron chi connectivity index (χ2n) is 5.97. The number of thioether (sulfide) groups is 1. The van der Waals surface area contributed by atoms with Crippen LogP contribution in [0.5, 0.6) is 0 Å². The molecule has 1 aromatic carbocycles. The van der Waals surface area contributed by atoms with Gasteiger partial charge in [-0.15, -0.1) is 5.10 Å². The number of aromatic nitrogens is 3. The highest BCUT2D eigenvalue weighted by Gasteiger charge is 2.21. The minimum absolute atomic E-state index is 0.0849. The number of hydrogen-bond acceptors (Lipinski definition) is 6. The van der Waals surface area contributed by atoms with Crippen molar-refractivity contribution in [2.45, 2.75) is 17.0 Å². The van der Waals surface area contributed by atoms with Crippen LogP contribution in [-0.4, -0.2) is 45.4 Å². The van der Waals surface area contributed by atoms with Crippen molar-refractivity contribution < 1.29 is 14.6 Å². The van der Waals surface area contributed by atoms with E-state index in [9.17, 15) is 4.79 Å². The monoisotopic (exact) mass is 370 g/mol. The molecule has 0 radical (unpaired) electrons. The van der Waals surface area contributed by atoms with Crippen molar-refractivity contribution in [2.24, 2.45) is 0 Å². The fourth-order valence-electron chi connectivity index (χ4n) is 2.87. The van der Waals surface area contributed by atoms with Crippen molar-refractivity contribution in [3.63, 3.8) is 0 Å². The van der Waals surface area contributed by atoms with Crippen LogP contribution < -0.4 is 5.32 Å². The molecule has 0 bridgehead atoms. The zero-order valence-electron chi connectivity index (χ0n) is 14.0. The lowest BCUT2D eigenvalue weighted by atomic mass is 10.1. The molecule has 1 aliphatic rings. The molecule has 4 rings (SSSR count). The maximum atomic E-state index is 10.9. The quantitative estimate of drug-likeness (QED) is 0.667. The van der Waals surface area contributed by atoms with E-state index in [1.165, 1.54) is 11.8 Å². The number of aromatic carboxylic acids is 1. The van der Waals surface area contributed by atoms with E-state index in [1.807, 2.05) is 35.0 Å². The number of rotatable bonds is 5. The molecule has 8 heteroatoms. The lowest BCUT2D eigenvalue weighted by Crippen LogP contribution is -2.34. The van der Waals surface area contributed by atoms with Crippen LogP contribution in [-0.2, 0) is 10.5 Å². The molecule has 0 saturated carbocycles. The van der Waals surface area contributed by atoms with Gasteiger partial charge in [0.2, 0.25) is 5.16 Å². The van der Waals surface area contributed by atoms with Crippen molar-refractivity contribution in [2.75, 3.05) is 19.7 Å². The van der Waals surface area contributed by atoms with E-state index in [1.54, 1.807) is 12.1 Å². The molecule has 2 aromatic heterocycles. The van der Waals surface area contributed by atoms with Gasteiger partial charge in [-0.25, -0.2) is 14.3 Å². The number of carboxylic acid groups (broad SMARTS) is 1. The summed E-state index contributed by atoms with van der Waals surface area (Å²) in [7, 11) is 0. The van der Waals surface area contributed by atoms with Gasteiger partial charge in [0.05, 0.1) is 23.4 Å². The first-order valence-electron chi connectivity index (χ1n) is 8.33. The van der Waals surface area contributed by atoms with Gasteiger partial charge in [-0.05, 0) is 29.8 Å². The van der Waals surface area contributed by atoms with E-state index in [0.717, 1.165) is 29.9 Å². The standard InChI is InChI=1S/C18H18N4O3S/c23-17(24)13-5-3-12(4-6-13)11-26-18-20-16(15-10-19-7-9-25-15)14-2-1-8-22(14)21-18/h1-6,8,15,19H,7,9-11H2,(H,23,24). The summed E-state index contributed by atoms with van der Waals surface area (Å²) in [5.74, 6) is -0.257. The fraction of sp³-hybridized carbons (Fsp3) is 0.278. The lowest BCUT2D eigenvalue weighted by molar-refractivity contribution is 0.0252. The molecule has 1 saturated heterocycles. The minimum atomic E-state index is -0.920. The van der Waals surface area contributed by atoms with Gasteiger partial charge in [-0.2, -0.15) is 0 Å². The molecule has 3 heterocycles. The maximum absolute atomic E-state index is 10.9. The number of hydrogen-bond donors (Lipinski definition) is 2. The third-order valence-electron chi connectivity index (χ3n) is 4.20. The minimum Gasteiger partial charge on any atom is -0.478 e. The predicted octanol–water partition coefficient (Wildman–Crippen LogP) is 2.38. The highest BCUT2D eigenvalue weighted by atomic mass is 32.2. The molecule has 1 fully saturated rings. The van der Waals surface area contributed by atoms with Gasteiger partial charge in [-0.3, -0.25) is 0 Å². The van der Waals surface area contributed by atoms with E-state index < -0.39 is 5.97 Å². The molecule has 1 atom stereocenters. The molecule has 0 amide bonds. The summed E-state index contributed by atoms with van der Waals surface area (Å²) in [6, 6.07) is 10.8. The Labute approximate surface area is 154 Å². The molecule has 7 nitrogen and oxygen atoms in total. The molecular weight excluding hydrogens is 352 g/mol. The number of fused-ring (bicyclic) bond motifs is 1. The Kier molecular flexibility index (Phi) is 4.87. The van der Waals surface area contributed by atoms with Gasteiger partial charge in [0.15, 0.2) is 0 Å². The Morgan fingerprint density at radius 3 is 2.92 bits per heavy atom. The Morgan fingerprint density at radius 2 is 2.19 bits per heavy atom. The van der Waals surface area contributed by atoms with E-state index >= 15 is 0 Å². The Morgan fingerprint density at radius 1 is 1.35 bits per heavy atom. The molecule has 3 aromatic rings. The lowest BCUT2D eigenvalue weighted by Gasteiger charge is -2.23. The number of morpholine rings is 1. The van der Waals surface area contributed by atoms with Crippen LogP contribution >= 0.6 is 11.8 Å². The third-order valence-corrected chi connectivity index (χ3v) is 5.11. The van der Waals surface area contributed by atoms with Crippen LogP contribution in [0, 0.1) is 0 Å². The van der Waals surface area contributed by atoms with E-state index in [0.29, 0.717) is 17.5 Å². The molecule has 0 spiro atoms.